The van der Waals surface area contributed by atoms with Crippen molar-refractivity contribution in [2.45, 2.75) is 45.1 Å². The zero-order valence-electron chi connectivity index (χ0n) is 10.8. The maximum Gasteiger partial charge on any atom is 0.226 e. The second-order valence-corrected chi connectivity index (χ2v) is 5.81. The number of amides is 1. The van der Waals surface area contributed by atoms with Gasteiger partial charge >= 0.3 is 0 Å². The van der Waals surface area contributed by atoms with Gasteiger partial charge in [0.15, 0.2) is 0 Å². The van der Waals surface area contributed by atoms with Crippen molar-refractivity contribution in [1.29, 1.82) is 0 Å². The van der Waals surface area contributed by atoms with Crippen LogP contribution >= 0.6 is 11.3 Å². The Kier molecular flexibility index (Phi) is 4.72. The molecule has 0 spiro atoms. The molecule has 2 unspecified atom stereocenters. The van der Waals surface area contributed by atoms with Crippen LogP contribution in [0.5, 0.6) is 0 Å². The molecule has 1 amide bonds. The van der Waals surface area contributed by atoms with Gasteiger partial charge in [-0.25, -0.2) is 4.98 Å². The van der Waals surface area contributed by atoms with Gasteiger partial charge in [0.1, 0.15) is 0 Å². The lowest BCUT2D eigenvalue weighted by Gasteiger charge is -2.19. The minimum atomic E-state index is 0.0771. The molecular formula is C13H21N3OS. The van der Waals surface area contributed by atoms with Gasteiger partial charge in [0.05, 0.1) is 17.1 Å². The molecule has 1 aromatic heterocycles. The number of hydrogen-bond donors (Lipinski definition) is 2. The van der Waals surface area contributed by atoms with Crippen LogP contribution in [0, 0.1) is 5.92 Å². The predicted octanol–water partition coefficient (Wildman–Crippen LogP) is 1.49. The van der Waals surface area contributed by atoms with E-state index in [0.717, 1.165) is 30.0 Å². The van der Waals surface area contributed by atoms with Crippen molar-refractivity contribution in [1.82, 2.24) is 10.3 Å². The molecule has 1 aromatic rings. The van der Waals surface area contributed by atoms with Crippen molar-refractivity contribution >= 4 is 17.2 Å². The average Bonchev–Trinajstić information content (AvgIpc) is 2.97. The molecule has 2 rings (SSSR count). The number of carbonyl (C=O) groups is 1. The van der Waals surface area contributed by atoms with Crippen LogP contribution in [0.4, 0.5) is 0 Å². The van der Waals surface area contributed by atoms with E-state index in [1.165, 1.54) is 6.42 Å². The maximum absolute atomic E-state index is 11.9. The number of rotatable bonds is 5. The average molecular weight is 267 g/mol. The van der Waals surface area contributed by atoms with E-state index in [4.69, 9.17) is 5.73 Å². The van der Waals surface area contributed by atoms with Gasteiger partial charge in [-0.2, -0.15) is 0 Å². The molecule has 1 saturated carbocycles. The quantitative estimate of drug-likeness (QED) is 0.849. The van der Waals surface area contributed by atoms with Gasteiger partial charge in [-0.05, 0) is 31.7 Å². The molecule has 4 nitrogen and oxygen atoms in total. The van der Waals surface area contributed by atoms with E-state index in [0.29, 0.717) is 18.9 Å². The highest BCUT2D eigenvalue weighted by Gasteiger charge is 2.27. The van der Waals surface area contributed by atoms with Gasteiger partial charge in [-0.1, -0.05) is 13.3 Å². The first kappa shape index (κ1) is 13.5. The molecular weight excluding hydrogens is 246 g/mol. The summed E-state index contributed by atoms with van der Waals surface area (Å²) in [6.07, 6.45) is 4.70. The number of nitrogens with zero attached hydrogens (tertiary/aromatic N) is 1. The first-order valence-electron chi connectivity index (χ1n) is 6.65. The molecule has 0 bridgehead atoms. The van der Waals surface area contributed by atoms with Crippen molar-refractivity contribution in [3.05, 3.63) is 16.1 Å². The van der Waals surface area contributed by atoms with Crippen LogP contribution in [0.1, 0.15) is 36.9 Å². The van der Waals surface area contributed by atoms with Crippen LogP contribution in [0.2, 0.25) is 0 Å². The summed E-state index contributed by atoms with van der Waals surface area (Å²) in [6.45, 7) is 2.74. The first-order valence-corrected chi connectivity index (χ1v) is 7.53. The maximum atomic E-state index is 11.9. The first-order chi connectivity index (χ1) is 8.72. The summed E-state index contributed by atoms with van der Waals surface area (Å²) in [7, 11) is 0. The lowest BCUT2D eigenvalue weighted by Crippen LogP contribution is -2.40. The Morgan fingerprint density at radius 2 is 2.44 bits per heavy atom. The summed E-state index contributed by atoms with van der Waals surface area (Å²) in [5.41, 5.74) is 6.60. The van der Waals surface area contributed by atoms with E-state index in [9.17, 15) is 4.79 Å². The Hall–Kier alpha value is -0.940. The fourth-order valence-corrected chi connectivity index (χ4v) is 3.27. The van der Waals surface area contributed by atoms with Crippen LogP contribution in [-0.4, -0.2) is 23.5 Å². The van der Waals surface area contributed by atoms with Crippen LogP contribution in [0.25, 0.3) is 0 Å². The Morgan fingerprint density at radius 3 is 3.11 bits per heavy atom. The molecule has 2 atom stereocenters. The number of aromatic nitrogens is 1. The molecule has 0 radical (unpaired) electrons. The fourth-order valence-electron chi connectivity index (χ4n) is 2.52. The van der Waals surface area contributed by atoms with Gasteiger partial charge < -0.3 is 11.1 Å². The second-order valence-electron chi connectivity index (χ2n) is 4.86. The highest BCUT2D eigenvalue weighted by Crippen LogP contribution is 2.24. The third kappa shape index (κ3) is 3.29. The summed E-state index contributed by atoms with van der Waals surface area (Å²) >= 11 is 1.63. The van der Waals surface area contributed by atoms with Gasteiger partial charge in [0.2, 0.25) is 5.91 Å². The van der Waals surface area contributed by atoms with E-state index in [1.807, 2.05) is 5.38 Å². The number of nitrogens with one attached hydrogen (secondary N) is 1. The van der Waals surface area contributed by atoms with Crippen LogP contribution in [0.15, 0.2) is 5.38 Å². The van der Waals surface area contributed by atoms with Gasteiger partial charge in [0.25, 0.3) is 0 Å². The third-order valence-electron chi connectivity index (χ3n) is 3.55. The molecule has 3 N–H and O–H groups in total. The second kappa shape index (κ2) is 6.29. The third-order valence-corrected chi connectivity index (χ3v) is 4.59. The van der Waals surface area contributed by atoms with Crippen molar-refractivity contribution in [3.8, 4) is 0 Å². The van der Waals surface area contributed by atoms with Gasteiger partial charge in [0, 0.05) is 11.4 Å². The predicted molar refractivity (Wildman–Crippen MR) is 73.5 cm³/mol. The molecule has 1 heterocycles. The zero-order valence-corrected chi connectivity index (χ0v) is 11.6. The van der Waals surface area contributed by atoms with E-state index in [2.05, 4.69) is 17.2 Å². The van der Waals surface area contributed by atoms with Crippen molar-refractivity contribution in [3.63, 3.8) is 0 Å². The highest BCUT2D eigenvalue weighted by atomic mass is 32.1. The largest absolute Gasteiger partial charge is 0.353 e. The molecule has 1 aliphatic carbocycles. The van der Waals surface area contributed by atoms with Crippen LogP contribution in [0.3, 0.4) is 0 Å². The van der Waals surface area contributed by atoms with Crippen LogP contribution in [-0.2, 0) is 17.6 Å². The van der Waals surface area contributed by atoms with E-state index in [1.54, 1.807) is 11.3 Å². The molecule has 0 saturated heterocycles. The Balaban J connectivity index is 1.84. The monoisotopic (exact) mass is 267 g/mol. The van der Waals surface area contributed by atoms with Crippen molar-refractivity contribution < 1.29 is 4.79 Å². The van der Waals surface area contributed by atoms with Crippen molar-refractivity contribution in [2.24, 2.45) is 11.7 Å². The number of carbonyl (C=O) groups excluding carboxylic acids is 1. The molecule has 0 aromatic carbocycles. The number of aryl methyl sites for hydroxylation is 1. The SMILES string of the molecule is CCc1nc(CC(=O)NC2CCCC2CN)cs1. The van der Waals surface area contributed by atoms with Crippen molar-refractivity contribution in [2.75, 3.05) is 6.54 Å². The number of nitrogens with two attached hydrogens (primary N) is 1. The fraction of sp³-hybridized carbons (Fsp3) is 0.692. The summed E-state index contributed by atoms with van der Waals surface area (Å²) in [5.74, 6) is 0.531. The molecule has 1 fully saturated rings. The summed E-state index contributed by atoms with van der Waals surface area (Å²) in [4.78, 5) is 16.4. The summed E-state index contributed by atoms with van der Waals surface area (Å²) < 4.78 is 0. The normalized spacial score (nSPS) is 23.2. The number of thiazole rings is 1. The summed E-state index contributed by atoms with van der Waals surface area (Å²) in [6, 6.07) is 0.270. The highest BCUT2D eigenvalue weighted by molar-refractivity contribution is 7.09. The summed E-state index contributed by atoms with van der Waals surface area (Å²) in [5, 5.41) is 6.18. The van der Waals surface area contributed by atoms with Crippen LogP contribution < -0.4 is 11.1 Å². The van der Waals surface area contributed by atoms with E-state index < -0.39 is 0 Å². The molecule has 0 aliphatic heterocycles. The Bertz CT molecular complexity index is 405. The topological polar surface area (TPSA) is 68.0 Å². The lowest BCUT2D eigenvalue weighted by molar-refractivity contribution is -0.121. The minimum absolute atomic E-state index is 0.0771. The Labute approximate surface area is 112 Å². The molecule has 1 aliphatic rings. The molecule has 5 heteroatoms. The molecule has 100 valence electrons. The lowest BCUT2D eigenvalue weighted by atomic mass is 10.0. The minimum Gasteiger partial charge on any atom is -0.353 e. The smallest absolute Gasteiger partial charge is 0.226 e. The van der Waals surface area contributed by atoms with E-state index >= 15 is 0 Å². The molecule has 18 heavy (non-hydrogen) atoms. The standard InChI is InChI=1S/C13H21N3OS/c1-2-13-15-10(8-18-13)6-12(17)16-11-5-3-4-9(11)7-14/h8-9,11H,2-7,14H2,1H3,(H,16,17). The van der Waals surface area contributed by atoms with E-state index in [-0.39, 0.29) is 11.9 Å². The van der Waals surface area contributed by atoms with Gasteiger partial charge in [-0.15, -0.1) is 11.3 Å². The number of hydrogen-bond acceptors (Lipinski definition) is 4. The van der Waals surface area contributed by atoms with Gasteiger partial charge in [-0.3, -0.25) is 4.79 Å². The Morgan fingerprint density at radius 1 is 1.61 bits per heavy atom. The zero-order chi connectivity index (χ0) is 13.0.